The highest BCUT2D eigenvalue weighted by atomic mass is 16.2. The molecule has 3 rings (SSSR count). The van der Waals surface area contributed by atoms with E-state index >= 15 is 0 Å². The molecule has 23 heavy (non-hydrogen) atoms. The molecule has 0 bridgehead atoms. The maximum Gasteiger partial charge on any atom is 0.269 e. The van der Waals surface area contributed by atoms with Gasteiger partial charge in [0.05, 0.1) is 5.92 Å². The number of benzene rings is 1. The molecule has 1 fully saturated rings. The van der Waals surface area contributed by atoms with Crippen molar-refractivity contribution in [2.75, 3.05) is 5.32 Å². The van der Waals surface area contributed by atoms with E-state index in [2.05, 4.69) is 25.9 Å². The predicted octanol–water partition coefficient (Wildman–Crippen LogP) is 1.85. The van der Waals surface area contributed by atoms with Gasteiger partial charge in [-0.1, -0.05) is 29.4 Å². The number of rotatable bonds is 5. The highest BCUT2D eigenvalue weighted by Crippen LogP contribution is 2.26. The van der Waals surface area contributed by atoms with Crippen molar-refractivity contribution in [1.82, 2.24) is 20.6 Å². The Morgan fingerprint density at radius 3 is 2.78 bits per heavy atom. The zero-order chi connectivity index (χ0) is 16.2. The quantitative estimate of drug-likeness (QED) is 0.877. The number of Topliss-reactive ketones (excluding diaryl/α,β-unsaturated/α-hetero) is 1. The molecule has 0 spiro atoms. The lowest BCUT2D eigenvalue weighted by Gasteiger charge is -2.12. The summed E-state index contributed by atoms with van der Waals surface area (Å²) >= 11 is 0. The lowest BCUT2D eigenvalue weighted by atomic mass is 9.94. The van der Waals surface area contributed by atoms with Crippen molar-refractivity contribution in [3.8, 4) is 0 Å². The van der Waals surface area contributed by atoms with Gasteiger partial charge in [0.15, 0.2) is 0 Å². The number of nitrogens with zero attached hydrogens (tertiary/aromatic N) is 3. The number of nitrogens with one attached hydrogen (secondary N) is 2. The van der Waals surface area contributed by atoms with Crippen molar-refractivity contribution >= 4 is 17.6 Å². The number of aromatic amines is 1. The Bertz CT molecular complexity index is 681. The van der Waals surface area contributed by atoms with Crippen LogP contribution in [0.5, 0.6) is 0 Å². The fraction of sp³-hybridized carbons (Fsp3) is 0.438. The number of carbonyl (C=O) groups excluding carboxylic acids is 2. The zero-order valence-electron chi connectivity index (χ0n) is 13.0. The molecular formula is C16H19N5O2. The fourth-order valence-corrected chi connectivity index (χ4v) is 2.92. The summed E-state index contributed by atoms with van der Waals surface area (Å²) in [6.45, 7) is 1.82. The van der Waals surface area contributed by atoms with Crippen molar-refractivity contribution in [1.29, 1.82) is 0 Å². The molecule has 2 aromatic rings. The Labute approximate surface area is 133 Å². The second-order valence-corrected chi connectivity index (χ2v) is 5.95. The van der Waals surface area contributed by atoms with Crippen LogP contribution in [0.4, 0.5) is 5.95 Å². The van der Waals surface area contributed by atoms with Crippen molar-refractivity contribution < 1.29 is 9.59 Å². The number of anilines is 1. The van der Waals surface area contributed by atoms with Crippen molar-refractivity contribution in [3.05, 3.63) is 35.4 Å². The minimum Gasteiger partial charge on any atom is -0.299 e. The molecule has 1 heterocycles. The molecule has 0 unspecified atom stereocenters. The van der Waals surface area contributed by atoms with Crippen LogP contribution in [0.25, 0.3) is 0 Å². The first-order chi connectivity index (χ1) is 11.1. The molecule has 0 saturated heterocycles. The number of H-pyrrole nitrogens is 1. The summed E-state index contributed by atoms with van der Waals surface area (Å²) in [6.07, 6.45) is 3.51. The SMILES string of the molecule is C[C@H](C(=O)Nc1nn[nH]n1)c1ccc(C[C@H]2CCCC2=O)cc1. The van der Waals surface area contributed by atoms with E-state index in [9.17, 15) is 9.59 Å². The third-order valence-electron chi connectivity index (χ3n) is 4.37. The molecule has 1 saturated carbocycles. The summed E-state index contributed by atoms with van der Waals surface area (Å²) in [7, 11) is 0. The number of carbonyl (C=O) groups is 2. The van der Waals surface area contributed by atoms with Crippen LogP contribution >= 0.6 is 0 Å². The topological polar surface area (TPSA) is 101 Å². The maximum absolute atomic E-state index is 12.1. The van der Waals surface area contributed by atoms with Gasteiger partial charge in [-0.05, 0) is 42.5 Å². The number of ketones is 1. The molecule has 120 valence electrons. The average Bonchev–Trinajstić information content (AvgIpc) is 3.20. The third kappa shape index (κ3) is 3.61. The Hall–Kier alpha value is -2.57. The van der Waals surface area contributed by atoms with Gasteiger partial charge in [0, 0.05) is 12.3 Å². The molecule has 0 radical (unpaired) electrons. The summed E-state index contributed by atoms with van der Waals surface area (Å²) < 4.78 is 0. The fourth-order valence-electron chi connectivity index (χ4n) is 2.92. The van der Waals surface area contributed by atoms with Gasteiger partial charge < -0.3 is 0 Å². The van der Waals surface area contributed by atoms with Gasteiger partial charge in [-0.25, -0.2) is 0 Å². The maximum atomic E-state index is 12.1. The molecule has 0 aliphatic heterocycles. The minimum absolute atomic E-state index is 0.165. The molecule has 1 amide bonds. The third-order valence-corrected chi connectivity index (χ3v) is 4.37. The van der Waals surface area contributed by atoms with Gasteiger partial charge in [-0.15, -0.1) is 5.10 Å². The van der Waals surface area contributed by atoms with Gasteiger partial charge >= 0.3 is 0 Å². The van der Waals surface area contributed by atoms with Crippen LogP contribution in [0.15, 0.2) is 24.3 Å². The monoisotopic (exact) mass is 313 g/mol. The Morgan fingerprint density at radius 1 is 1.39 bits per heavy atom. The highest BCUT2D eigenvalue weighted by Gasteiger charge is 2.24. The van der Waals surface area contributed by atoms with Gasteiger partial charge in [0.2, 0.25) is 5.91 Å². The summed E-state index contributed by atoms with van der Waals surface area (Å²) in [5.41, 5.74) is 2.05. The van der Waals surface area contributed by atoms with Crippen LogP contribution in [0.2, 0.25) is 0 Å². The van der Waals surface area contributed by atoms with Gasteiger partial charge in [0.1, 0.15) is 5.78 Å². The van der Waals surface area contributed by atoms with Crippen molar-refractivity contribution in [2.45, 2.75) is 38.5 Å². The Morgan fingerprint density at radius 2 is 2.17 bits per heavy atom. The first-order valence-corrected chi connectivity index (χ1v) is 7.79. The number of amides is 1. The summed E-state index contributed by atoms with van der Waals surface area (Å²) in [4.78, 5) is 23.9. The predicted molar refractivity (Wildman–Crippen MR) is 83.7 cm³/mol. The van der Waals surface area contributed by atoms with E-state index in [1.54, 1.807) is 0 Å². The van der Waals surface area contributed by atoms with Crippen LogP contribution < -0.4 is 5.32 Å². The van der Waals surface area contributed by atoms with E-state index < -0.39 is 0 Å². The number of hydrogen-bond acceptors (Lipinski definition) is 5. The van der Waals surface area contributed by atoms with Gasteiger partial charge in [-0.2, -0.15) is 5.21 Å². The second-order valence-electron chi connectivity index (χ2n) is 5.95. The number of tetrazole rings is 1. The molecule has 1 aliphatic carbocycles. The summed E-state index contributed by atoms with van der Waals surface area (Å²) in [5.74, 6) is 0.195. The highest BCUT2D eigenvalue weighted by molar-refractivity contribution is 5.94. The standard InChI is InChI=1S/C16H19N5O2/c1-10(15(23)17-16-18-20-21-19-16)12-7-5-11(6-8-12)9-13-3-2-4-14(13)22/h5-8,10,13H,2-4,9H2,1H3,(H2,17,18,19,20,21,23)/t10-,13+/m0/s1. The summed E-state index contributed by atoms with van der Waals surface area (Å²) in [6, 6.07) is 7.88. The van der Waals surface area contributed by atoms with E-state index in [1.165, 1.54) is 0 Å². The van der Waals surface area contributed by atoms with Gasteiger partial charge in [-0.3, -0.25) is 14.9 Å². The number of hydrogen-bond donors (Lipinski definition) is 2. The number of aromatic nitrogens is 4. The molecule has 2 N–H and O–H groups in total. The van der Waals surface area contributed by atoms with Crippen LogP contribution in [0.3, 0.4) is 0 Å². The molecule has 7 nitrogen and oxygen atoms in total. The average molecular weight is 313 g/mol. The van der Waals surface area contributed by atoms with E-state index in [0.717, 1.165) is 36.8 Å². The van der Waals surface area contributed by atoms with E-state index in [0.29, 0.717) is 5.78 Å². The largest absolute Gasteiger partial charge is 0.299 e. The van der Waals surface area contributed by atoms with E-state index in [4.69, 9.17) is 0 Å². The Kier molecular flexibility index (Phi) is 4.45. The lowest BCUT2D eigenvalue weighted by molar-refractivity contribution is -0.120. The van der Waals surface area contributed by atoms with Crippen LogP contribution in [-0.4, -0.2) is 32.3 Å². The van der Waals surface area contributed by atoms with E-state index in [-0.39, 0.29) is 23.7 Å². The second kappa shape index (κ2) is 6.68. The molecule has 1 aliphatic rings. The minimum atomic E-state index is -0.323. The molecule has 7 heteroatoms. The van der Waals surface area contributed by atoms with Crippen LogP contribution in [-0.2, 0) is 16.0 Å². The first kappa shape index (κ1) is 15.3. The zero-order valence-corrected chi connectivity index (χ0v) is 13.0. The molecular weight excluding hydrogens is 294 g/mol. The Balaban J connectivity index is 1.61. The molecule has 1 aromatic carbocycles. The smallest absolute Gasteiger partial charge is 0.269 e. The van der Waals surface area contributed by atoms with Crippen molar-refractivity contribution in [2.24, 2.45) is 5.92 Å². The summed E-state index contributed by atoms with van der Waals surface area (Å²) in [5, 5.41) is 15.7. The van der Waals surface area contributed by atoms with Gasteiger partial charge in [0.25, 0.3) is 5.95 Å². The van der Waals surface area contributed by atoms with E-state index in [1.807, 2.05) is 31.2 Å². The molecule has 2 atom stereocenters. The molecule has 1 aromatic heterocycles. The van der Waals surface area contributed by atoms with Crippen molar-refractivity contribution in [3.63, 3.8) is 0 Å². The van der Waals surface area contributed by atoms with Crippen LogP contribution in [0, 0.1) is 5.92 Å². The normalized spacial score (nSPS) is 18.8. The first-order valence-electron chi connectivity index (χ1n) is 7.79. The lowest BCUT2D eigenvalue weighted by Crippen LogP contribution is -2.19. The van der Waals surface area contributed by atoms with Crippen LogP contribution in [0.1, 0.15) is 43.2 Å².